The summed E-state index contributed by atoms with van der Waals surface area (Å²) in [5.41, 5.74) is 1.43. The number of benzene rings is 1. The average molecular weight is 329 g/mol. The number of ether oxygens (including phenoxy) is 1. The number of nitrogens with zero attached hydrogens (tertiary/aromatic N) is 2. The lowest BCUT2D eigenvalue weighted by Crippen LogP contribution is -2.37. The first-order valence-electron chi connectivity index (χ1n) is 8.25. The zero-order chi connectivity index (χ0) is 17.1. The molecule has 0 spiro atoms. The van der Waals surface area contributed by atoms with Crippen molar-refractivity contribution in [1.29, 1.82) is 0 Å². The molecule has 0 radical (unpaired) electrons. The van der Waals surface area contributed by atoms with Gasteiger partial charge in [0, 0.05) is 44.6 Å². The van der Waals surface area contributed by atoms with Crippen LogP contribution in [0.25, 0.3) is 10.9 Å². The van der Waals surface area contributed by atoms with E-state index in [0.29, 0.717) is 24.8 Å². The van der Waals surface area contributed by atoms with Gasteiger partial charge in [0.15, 0.2) is 0 Å². The van der Waals surface area contributed by atoms with Crippen LogP contribution in [0.2, 0.25) is 0 Å². The van der Waals surface area contributed by atoms with Gasteiger partial charge in [0.05, 0.1) is 17.8 Å². The number of pyridine rings is 1. The maximum atomic E-state index is 12.5. The van der Waals surface area contributed by atoms with Gasteiger partial charge in [0.2, 0.25) is 0 Å². The zero-order valence-electron chi connectivity index (χ0n) is 14.1. The molecule has 128 valence electrons. The fourth-order valence-electron chi connectivity index (χ4n) is 3.15. The van der Waals surface area contributed by atoms with Crippen LogP contribution in [0.3, 0.4) is 0 Å². The van der Waals surface area contributed by atoms with Crippen molar-refractivity contribution < 1.29 is 9.53 Å². The minimum absolute atomic E-state index is 0.0691. The summed E-state index contributed by atoms with van der Waals surface area (Å²) in [6.45, 7) is 2.21. The predicted octanol–water partition coefficient (Wildman–Crippen LogP) is 2.43. The molecule has 1 aliphatic rings. The molecule has 2 amide bonds. The number of amides is 2. The van der Waals surface area contributed by atoms with E-state index in [0.717, 1.165) is 30.4 Å². The second-order valence-electron chi connectivity index (χ2n) is 6.36. The van der Waals surface area contributed by atoms with Gasteiger partial charge in [-0.3, -0.25) is 4.79 Å². The van der Waals surface area contributed by atoms with Crippen LogP contribution in [0, 0.1) is 5.92 Å². The lowest BCUT2D eigenvalue weighted by molar-refractivity contribution is 0.0464. The van der Waals surface area contributed by atoms with Crippen molar-refractivity contribution in [3.05, 3.63) is 40.7 Å². The third-order valence-corrected chi connectivity index (χ3v) is 4.54. The first kappa shape index (κ1) is 16.5. The highest BCUT2D eigenvalue weighted by molar-refractivity contribution is 6.00. The van der Waals surface area contributed by atoms with Crippen LogP contribution in [0.15, 0.2) is 35.1 Å². The van der Waals surface area contributed by atoms with E-state index in [4.69, 9.17) is 4.74 Å². The van der Waals surface area contributed by atoms with Crippen LogP contribution < -0.4 is 10.9 Å². The molecule has 1 aromatic carbocycles. The standard InChI is InChI=1S/C18H23N3O3/c1-20(11-13-5-4-10-24-12-13)18(23)19-15-6-3-7-16-14(15)8-9-17(22)21(16)2/h3,6-9,13H,4-5,10-12H2,1-2H3,(H,19,23). The van der Waals surface area contributed by atoms with Gasteiger partial charge in [-0.15, -0.1) is 0 Å². The summed E-state index contributed by atoms with van der Waals surface area (Å²) in [4.78, 5) is 25.9. The van der Waals surface area contributed by atoms with Gasteiger partial charge in [-0.1, -0.05) is 6.07 Å². The lowest BCUT2D eigenvalue weighted by atomic mass is 10.0. The van der Waals surface area contributed by atoms with E-state index < -0.39 is 0 Å². The van der Waals surface area contributed by atoms with Gasteiger partial charge in [-0.2, -0.15) is 0 Å². The number of aryl methyl sites for hydroxylation is 1. The smallest absolute Gasteiger partial charge is 0.321 e. The van der Waals surface area contributed by atoms with E-state index in [1.807, 2.05) is 18.2 Å². The van der Waals surface area contributed by atoms with Crippen molar-refractivity contribution in [3.63, 3.8) is 0 Å². The van der Waals surface area contributed by atoms with Crippen molar-refractivity contribution in [2.75, 3.05) is 32.1 Å². The summed E-state index contributed by atoms with van der Waals surface area (Å²) < 4.78 is 7.05. The molecule has 1 aliphatic heterocycles. The number of rotatable bonds is 3. The summed E-state index contributed by atoms with van der Waals surface area (Å²) in [6.07, 6.45) is 2.14. The molecule has 0 aliphatic carbocycles. The Hall–Kier alpha value is -2.34. The number of urea groups is 1. The molecule has 1 fully saturated rings. The van der Waals surface area contributed by atoms with Gasteiger partial charge in [0.1, 0.15) is 0 Å². The van der Waals surface area contributed by atoms with E-state index in [1.54, 1.807) is 29.6 Å². The Morgan fingerprint density at radius 2 is 2.21 bits per heavy atom. The molecule has 24 heavy (non-hydrogen) atoms. The van der Waals surface area contributed by atoms with Gasteiger partial charge in [-0.25, -0.2) is 4.79 Å². The molecular weight excluding hydrogens is 306 g/mol. The van der Waals surface area contributed by atoms with E-state index in [2.05, 4.69) is 5.32 Å². The molecule has 2 aromatic rings. The van der Waals surface area contributed by atoms with Crippen molar-refractivity contribution in [2.24, 2.45) is 13.0 Å². The van der Waals surface area contributed by atoms with Gasteiger partial charge in [-0.05, 0) is 31.0 Å². The molecule has 1 atom stereocenters. The highest BCUT2D eigenvalue weighted by atomic mass is 16.5. The van der Waals surface area contributed by atoms with Crippen LogP contribution in [0.4, 0.5) is 10.5 Å². The van der Waals surface area contributed by atoms with Crippen molar-refractivity contribution in [1.82, 2.24) is 9.47 Å². The quantitative estimate of drug-likeness (QED) is 0.941. The van der Waals surface area contributed by atoms with Gasteiger partial charge >= 0.3 is 6.03 Å². The minimum atomic E-state index is -0.151. The number of hydrogen-bond donors (Lipinski definition) is 1. The monoisotopic (exact) mass is 329 g/mol. The van der Waals surface area contributed by atoms with Crippen LogP contribution in [-0.2, 0) is 11.8 Å². The van der Waals surface area contributed by atoms with E-state index in [9.17, 15) is 9.59 Å². The highest BCUT2D eigenvalue weighted by Gasteiger charge is 2.19. The first-order chi connectivity index (χ1) is 11.6. The molecule has 1 saturated heterocycles. The SMILES string of the molecule is CN(CC1CCCOC1)C(=O)Nc1cccc2c1ccc(=O)n2C. The zero-order valence-corrected chi connectivity index (χ0v) is 14.1. The minimum Gasteiger partial charge on any atom is -0.381 e. The first-order valence-corrected chi connectivity index (χ1v) is 8.25. The van der Waals surface area contributed by atoms with Crippen molar-refractivity contribution >= 4 is 22.6 Å². The fourth-order valence-corrected chi connectivity index (χ4v) is 3.15. The molecule has 1 N–H and O–H groups in total. The number of carbonyl (C=O) groups is 1. The third kappa shape index (κ3) is 3.43. The molecule has 2 heterocycles. The molecule has 6 nitrogen and oxygen atoms in total. The molecule has 0 bridgehead atoms. The molecule has 0 saturated carbocycles. The van der Waals surface area contributed by atoms with E-state index in [1.165, 1.54) is 6.07 Å². The van der Waals surface area contributed by atoms with Crippen LogP contribution in [0.5, 0.6) is 0 Å². The summed E-state index contributed by atoms with van der Waals surface area (Å²) in [5, 5.41) is 3.80. The number of nitrogens with one attached hydrogen (secondary N) is 1. The number of aromatic nitrogens is 1. The van der Waals surface area contributed by atoms with E-state index in [-0.39, 0.29) is 11.6 Å². The Morgan fingerprint density at radius 3 is 2.96 bits per heavy atom. The summed E-state index contributed by atoms with van der Waals surface area (Å²) in [5.74, 6) is 0.392. The normalized spacial score (nSPS) is 17.7. The van der Waals surface area contributed by atoms with Crippen LogP contribution in [-0.4, -0.2) is 42.3 Å². The summed E-state index contributed by atoms with van der Waals surface area (Å²) in [6, 6.07) is 8.68. The Balaban J connectivity index is 1.75. The highest BCUT2D eigenvalue weighted by Crippen LogP contribution is 2.22. The Labute approximate surface area is 141 Å². The number of carbonyl (C=O) groups excluding carboxylic acids is 1. The van der Waals surface area contributed by atoms with Crippen LogP contribution in [0.1, 0.15) is 12.8 Å². The number of anilines is 1. The molecule has 6 heteroatoms. The van der Waals surface area contributed by atoms with Gasteiger partial charge in [0.25, 0.3) is 5.56 Å². The second kappa shape index (κ2) is 7.05. The van der Waals surface area contributed by atoms with Crippen molar-refractivity contribution in [3.8, 4) is 0 Å². The summed E-state index contributed by atoms with van der Waals surface area (Å²) >= 11 is 0. The molecular formula is C18H23N3O3. The van der Waals surface area contributed by atoms with Crippen molar-refractivity contribution in [2.45, 2.75) is 12.8 Å². The second-order valence-corrected chi connectivity index (χ2v) is 6.36. The Kier molecular flexibility index (Phi) is 4.85. The average Bonchev–Trinajstić information content (AvgIpc) is 2.59. The third-order valence-electron chi connectivity index (χ3n) is 4.54. The summed E-state index contributed by atoms with van der Waals surface area (Å²) in [7, 11) is 3.52. The fraction of sp³-hybridized carbons (Fsp3) is 0.444. The molecule has 1 aromatic heterocycles. The Morgan fingerprint density at radius 1 is 1.38 bits per heavy atom. The largest absolute Gasteiger partial charge is 0.381 e. The Bertz CT molecular complexity index is 794. The van der Waals surface area contributed by atoms with E-state index >= 15 is 0 Å². The van der Waals surface area contributed by atoms with Gasteiger partial charge < -0.3 is 19.5 Å². The van der Waals surface area contributed by atoms with Crippen LogP contribution >= 0.6 is 0 Å². The maximum absolute atomic E-state index is 12.5. The maximum Gasteiger partial charge on any atom is 0.321 e. The number of fused-ring (bicyclic) bond motifs is 1. The number of hydrogen-bond acceptors (Lipinski definition) is 3. The molecule has 1 unspecified atom stereocenters. The predicted molar refractivity (Wildman–Crippen MR) is 94.4 cm³/mol. The lowest BCUT2D eigenvalue weighted by Gasteiger charge is -2.27. The topological polar surface area (TPSA) is 63.6 Å². The molecule has 3 rings (SSSR count).